The quantitative estimate of drug-likeness (QED) is 0.665. The van der Waals surface area contributed by atoms with Gasteiger partial charge in [0.15, 0.2) is 0 Å². The molecule has 2 heterocycles. The summed E-state index contributed by atoms with van der Waals surface area (Å²) in [5.74, 6) is 0.344. The standard InChI is InChI=1S/C22H29N5O/c1-5-6-19(28)25-17-9-7-15(8-10-17)11-18-12-16-13-24-21(23)26-20(16)27(18)14-22(2,3)4/h7-10,12-13H,5-6,11,14H2,1-4H3,(H,25,28)(H2,23,24,26). The van der Waals surface area contributed by atoms with Gasteiger partial charge in [-0.15, -0.1) is 0 Å². The van der Waals surface area contributed by atoms with Crippen molar-refractivity contribution < 1.29 is 4.79 Å². The van der Waals surface area contributed by atoms with E-state index in [9.17, 15) is 4.79 Å². The molecule has 0 spiro atoms. The van der Waals surface area contributed by atoms with Crippen molar-refractivity contribution in [2.75, 3.05) is 11.1 Å². The van der Waals surface area contributed by atoms with Crippen LogP contribution in [0.3, 0.4) is 0 Å². The van der Waals surface area contributed by atoms with Crippen LogP contribution in [-0.4, -0.2) is 20.4 Å². The number of amides is 1. The maximum atomic E-state index is 11.8. The van der Waals surface area contributed by atoms with Crippen LogP contribution < -0.4 is 11.1 Å². The number of nitrogens with zero attached hydrogens (tertiary/aromatic N) is 3. The molecule has 2 aromatic heterocycles. The minimum atomic E-state index is 0.0525. The predicted molar refractivity (Wildman–Crippen MR) is 114 cm³/mol. The van der Waals surface area contributed by atoms with Gasteiger partial charge in [-0.05, 0) is 35.6 Å². The molecule has 0 bridgehead atoms. The zero-order chi connectivity index (χ0) is 20.3. The Balaban J connectivity index is 1.87. The van der Waals surface area contributed by atoms with Gasteiger partial charge in [0, 0.05) is 42.4 Å². The van der Waals surface area contributed by atoms with Crippen LogP contribution in [0.2, 0.25) is 0 Å². The number of carbonyl (C=O) groups excluding carboxylic acids is 1. The van der Waals surface area contributed by atoms with E-state index >= 15 is 0 Å². The lowest BCUT2D eigenvalue weighted by Crippen LogP contribution is -2.18. The summed E-state index contributed by atoms with van der Waals surface area (Å²) in [7, 11) is 0. The third-order valence-electron chi connectivity index (χ3n) is 4.47. The van der Waals surface area contributed by atoms with Crippen LogP contribution in [0, 0.1) is 5.41 Å². The molecule has 0 saturated carbocycles. The summed E-state index contributed by atoms with van der Waals surface area (Å²) in [6, 6.07) is 10.2. The topological polar surface area (TPSA) is 85.8 Å². The number of anilines is 2. The molecule has 1 aromatic carbocycles. The van der Waals surface area contributed by atoms with Gasteiger partial charge in [-0.1, -0.05) is 39.8 Å². The number of nitrogen functional groups attached to an aromatic ring is 1. The van der Waals surface area contributed by atoms with Crippen LogP contribution in [0.25, 0.3) is 11.0 Å². The summed E-state index contributed by atoms with van der Waals surface area (Å²) >= 11 is 0. The average Bonchev–Trinajstić information content (AvgIpc) is 2.92. The summed E-state index contributed by atoms with van der Waals surface area (Å²) in [6.07, 6.45) is 3.94. The number of rotatable bonds is 6. The third kappa shape index (κ3) is 4.88. The fourth-order valence-corrected chi connectivity index (χ4v) is 3.27. The Bertz CT molecular complexity index is 967. The lowest BCUT2D eigenvalue weighted by Gasteiger charge is -2.22. The number of aromatic nitrogens is 3. The molecule has 148 valence electrons. The number of carbonyl (C=O) groups is 1. The van der Waals surface area contributed by atoms with Gasteiger partial charge in [-0.25, -0.2) is 4.98 Å². The van der Waals surface area contributed by atoms with Gasteiger partial charge in [0.1, 0.15) is 5.65 Å². The number of benzene rings is 1. The van der Waals surface area contributed by atoms with Crippen molar-refractivity contribution in [1.82, 2.24) is 14.5 Å². The van der Waals surface area contributed by atoms with Crippen molar-refractivity contribution in [3.05, 3.63) is 47.8 Å². The van der Waals surface area contributed by atoms with E-state index in [2.05, 4.69) is 58.8 Å². The van der Waals surface area contributed by atoms with Crippen molar-refractivity contribution in [1.29, 1.82) is 0 Å². The lowest BCUT2D eigenvalue weighted by molar-refractivity contribution is -0.116. The number of nitrogens with one attached hydrogen (secondary N) is 1. The highest BCUT2D eigenvalue weighted by Crippen LogP contribution is 2.26. The normalized spacial score (nSPS) is 11.7. The van der Waals surface area contributed by atoms with Gasteiger partial charge in [-0.2, -0.15) is 4.98 Å². The Labute approximate surface area is 166 Å². The van der Waals surface area contributed by atoms with E-state index in [0.29, 0.717) is 12.4 Å². The number of fused-ring (bicyclic) bond motifs is 1. The fourth-order valence-electron chi connectivity index (χ4n) is 3.27. The second kappa shape index (κ2) is 8.00. The van der Waals surface area contributed by atoms with E-state index in [1.807, 2.05) is 19.1 Å². The monoisotopic (exact) mass is 379 g/mol. The largest absolute Gasteiger partial charge is 0.368 e. The highest BCUT2D eigenvalue weighted by Gasteiger charge is 2.18. The van der Waals surface area contributed by atoms with Crippen LogP contribution >= 0.6 is 0 Å². The van der Waals surface area contributed by atoms with Crippen LogP contribution in [0.15, 0.2) is 36.5 Å². The molecule has 0 unspecified atom stereocenters. The Kier molecular flexibility index (Phi) is 5.68. The molecule has 0 aliphatic carbocycles. The highest BCUT2D eigenvalue weighted by molar-refractivity contribution is 5.90. The van der Waals surface area contributed by atoms with Crippen molar-refractivity contribution >= 4 is 28.6 Å². The predicted octanol–water partition coefficient (Wildman–Crippen LogP) is 4.39. The molecule has 0 radical (unpaired) electrons. The molecule has 3 aromatic rings. The molecule has 0 saturated heterocycles. The maximum absolute atomic E-state index is 11.8. The van der Waals surface area contributed by atoms with Gasteiger partial charge in [0.25, 0.3) is 0 Å². The minimum absolute atomic E-state index is 0.0525. The molecule has 3 N–H and O–H groups in total. The fraction of sp³-hybridized carbons (Fsp3) is 0.409. The lowest BCUT2D eigenvalue weighted by atomic mass is 9.96. The summed E-state index contributed by atoms with van der Waals surface area (Å²) in [6.45, 7) is 9.47. The highest BCUT2D eigenvalue weighted by atomic mass is 16.1. The van der Waals surface area contributed by atoms with E-state index in [1.54, 1.807) is 6.20 Å². The van der Waals surface area contributed by atoms with Crippen molar-refractivity contribution in [3.8, 4) is 0 Å². The molecule has 6 nitrogen and oxygen atoms in total. The second-order valence-electron chi connectivity index (χ2n) is 8.46. The number of hydrogen-bond donors (Lipinski definition) is 2. The summed E-state index contributed by atoms with van der Waals surface area (Å²) in [5, 5.41) is 3.92. The third-order valence-corrected chi connectivity index (χ3v) is 4.47. The molecule has 0 atom stereocenters. The molecule has 6 heteroatoms. The van der Waals surface area contributed by atoms with Crippen LogP contribution in [0.4, 0.5) is 11.6 Å². The Morgan fingerprint density at radius 1 is 1.21 bits per heavy atom. The van der Waals surface area contributed by atoms with Gasteiger partial charge >= 0.3 is 0 Å². The van der Waals surface area contributed by atoms with E-state index in [4.69, 9.17) is 5.73 Å². The molecule has 0 fully saturated rings. The summed E-state index contributed by atoms with van der Waals surface area (Å²) < 4.78 is 2.24. The first kappa shape index (κ1) is 19.9. The van der Waals surface area contributed by atoms with Crippen molar-refractivity contribution in [2.24, 2.45) is 5.41 Å². The van der Waals surface area contributed by atoms with Crippen LogP contribution in [0.5, 0.6) is 0 Å². The molecule has 0 aliphatic heterocycles. The first-order chi connectivity index (χ1) is 13.2. The Morgan fingerprint density at radius 3 is 2.57 bits per heavy atom. The molecule has 1 amide bonds. The number of nitrogens with two attached hydrogens (primary N) is 1. The second-order valence-corrected chi connectivity index (χ2v) is 8.46. The summed E-state index contributed by atoms with van der Waals surface area (Å²) in [4.78, 5) is 20.4. The zero-order valence-electron chi connectivity index (χ0n) is 17.1. The van der Waals surface area contributed by atoms with E-state index in [0.717, 1.165) is 36.1 Å². The van der Waals surface area contributed by atoms with Gasteiger partial charge in [-0.3, -0.25) is 4.79 Å². The van der Waals surface area contributed by atoms with E-state index < -0.39 is 0 Å². The van der Waals surface area contributed by atoms with Crippen LogP contribution in [0.1, 0.15) is 51.8 Å². The van der Waals surface area contributed by atoms with Gasteiger partial charge in [0.2, 0.25) is 11.9 Å². The Morgan fingerprint density at radius 2 is 1.93 bits per heavy atom. The smallest absolute Gasteiger partial charge is 0.224 e. The summed E-state index contributed by atoms with van der Waals surface area (Å²) in [5.41, 5.74) is 9.98. The number of hydrogen-bond acceptors (Lipinski definition) is 4. The zero-order valence-corrected chi connectivity index (χ0v) is 17.1. The van der Waals surface area contributed by atoms with Gasteiger partial charge < -0.3 is 15.6 Å². The maximum Gasteiger partial charge on any atom is 0.224 e. The molecular formula is C22H29N5O. The SMILES string of the molecule is CCCC(=O)Nc1ccc(Cc2cc3cnc(N)nc3n2CC(C)(C)C)cc1. The van der Waals surface area contributed by atoms with Crippen molar-refractivity contribution in [2.45, 2.75) is 53.5 Å². The minimum Gasteiger partial charge on any atom is -0.368 e. The molecule has 0 aliphatic rings. The molecule has 3 rings (SSSR count). The first-order valence-electron chi connectivity index (χ1n) is 9.74. The van der Waals surface area contributed by atoms with Gasteiger partial charge in [0.05, 0.1) is 0 Å². The molecular weight excluding hydrogens is 350 g/mol. The van der Waals surface area contributed by atoms with Crippen LogP contribution in [-0.2, 0) is 17.8 Å². The Hall–Kier alpha value is -2.89. The van der Waals surface area contributed by atoms with E-state index in [-0.39, 0.29) is 11.3 Å². The van der Waals surface area contributed by atoms with Crippen molar-refractivity contribution in [3.63, 3.8) is 0 Å². The average molecular weight is 380 g/mol. The molecule has 28 heavy (non-hydrogen) atoms. The van der Waals surface area contributed by atoms with E-state index in [1.165, 1.54) is 11.3 Å². The first-order valence-corrected chi connectivity index (χ1v) is 9.74.